The van der Waals surface area contributed by atoms with Gasteiger partial charge in [-0.1, -0.05) is 44.2 Å². The molecule has 1 aromatic heterocycles. The summed E-state index contributed by atoms with van der Waals surface area (Å²) in [6.45, 7) is 7.24. The highest BCUT2D eigenvalue weighted by molar-refractivity contribution is 5.16. The van der Waals surface area contributed by atoms with E-state index in [0.717, 1.165) is 19.6 Å². The van der Waals surface area contributed by atoms with Crippen LogP contribution in [0, 0.1) is 5.92 Å². The Labute approximate surface area is 109 Å². The standard InChI is InChI=1S/C15H21N3/c1-13(2)8-16-9-15-10-17-12-18(15)11-14-6-4-3-5-7-14/h3-7,10,12-13,16H,8-9,11H2,1-2H3. The van der Waals surface area contributed by atoms with Gasteiger partial charge >= 0.3 is 0 Å². The van der Waals surface area contributed by atoms with E-state index in [4.69, 9.17) is 0 Å². The maximum atomic E-state index is 4.24. The first-order valence-corrected chi connectivity index (χ1v) is 6.49. The molecule has 2 aromatic rings. The molecule has 3 nitrogen and oxygen atoms in total. The van der Waals surface area contributed by atoms with Crippen molar-refractivity contribution in [3.63, 3.8) is 0 Å². The van der Waals surface area contributed by atoms with Gasteiger partial charge in [-0.05, 0) is 18.0 Å². The average molecular weight is 243 g/mol. The van der Waals surface area contributed by atoms with Gasteiger partial charge in [0.05, 0.1) is 12.0 Å². The van der Waals surface area contributed by atoms with Crippen molar-refractivity contribution >= 4 is 0 Å². The average Bonchev–Trinajstić information content (AvgIpc) is 2.78. The second-order valence-electron chi connectivity index (χ2n) is 5.02. The lowest BCUT2D eigenvalue weighted by atomic mass is 10.2. The molecule has 96 valence electrons. The summed E-state index contributed by atoms with van der Waals surface area (Å²) in [6, 6.07) is 10.5. The third-order valence-corrected chi connectivity index (χ3v) is 2.85. The molecule has 0 aliphatic carbocycles. The van der Waals surface area contributed by atoms with Crippen LogP contribution in [-0.4, -0.2) is 16.1 Å². The first-order chi connectivity index (χ1) is 8.75. The highest BCUT2D eigenvalue weighted by atomic mass is 15.1. The van der Waals surface area contributed by atoms with E-state index in [2.05, 4.69) is 53.0 Å². The smallest absolute Gasteiger partial charge is 0.0951 e. The van der Waals surface area contributed by atoms with Gasteiger partial charge in [0.25, 0.3) is 0 Å². The van der Waals surface area contributed by atoms with Crippen LogP contribution in [0.15, 0.2) is 42.9 Å². The highest BCUT2D eigenvalue weighted by Gasteiger charge is 2.03. The molecule has 0 spiro atoms. The van der Waals surface area contributed by atoms with Crippen LogP contribution in [0.4, 0.5) is 0 Å². The van der Waals surface area contributed by atoms with E-state index in [9.17, 15) is 0 Å². The Hall–Kier alpha value is -1.61. The molecule has 0 unspecified atom stereocenters. The molecule has 1 aromatic carbocycles. The Bertz CT molecular complexity index is 460. The molecule has 0 radical (unpaired) electrons. The Kier molecular flexibility index (Phi) is 4.53. The zero-order chi connectivity index (χ0) is 12.8. The Morgan fingerprint density at radius 3 is 2.72 bits per heavy atom. The Balaban J connectivity index is 1.95. The lowest BCUT2D eigenvalue weighted by Crippen LogP contribution is -2.20. The molecule has 0 fully saturated rings. The van der Waals surface area contributed by atoms with Gasteiger partial charge in [0.1, 0.15) is 0 Å². The lowest BCUT2D eigenvalue weighted by Gasteiger charge is -2.10. The molecule has 0 amide bonds. The quantitative estimate of drug-likeness (QED) is 0.845. The summed E-state index contributed by atoms with van der Waals surface area (Å²) in [5, 5.41) is 3.45. The molecule has 0 aliphatic heterocycles. The van der Waals surface area contributed by atoms with Crippen molar-refractivity contribution in [2.75, 3.05) is 6.54 Å². The minimum absolute atomic E-state index is 0.676. The molecule has 0 bridgehead atoms. The first-order valence-electron chi connectivity index (χ1n) is 6.49. The van der Waals surface area contributed by atoms with E-state index in [-0.39, 0.29) is 0 Å². The summed E-state index contributed by atoms with van der Waals surface area (Å²) in [6.07, 6.45) is 3.84. The van der Waals surface area contributed by atoms with Crippen LogP contribution < -0.4 is 5.32 Å². The van der Waals surface area contributed by atoms with Gasteiger partial charge in [0.2, 0.25) is 0 Å². The second-order valence-corrected chi connectivity index (χ2v) is 5.02. The molecule has 18 heavy (non-hydrogen) atoms. The summed E-state index contributed by atoms with van der Waals surface area (Å²) in [7, 11) is 0. The van der Waals surface area contributed by atoms with Gasteiger partial charge in [0.15, 0.2) is 0 Å². The van der Waals surface area contributed by atoms with Crippen LogP contribution in [0.5, 0.6) is 0 Å². The van der Waals surface area contributed by atoms with E-state index < -0.39 is 0 Å². The first kappa shape index (κ1) is 12.8. The maximum Gasteiger partial charge on any atom is 0.0951 e. The Morgan fingerprint density at radius 2 is 2.00 bits per heavy atom. The molecule has 2 rings (SSSR count). The maximum absolute atomic E-state index is 4.24. The fourth-order valence-corrected chi connectivity index (χ4v) is 1.91. The molecule has 0 atom stereocenters. The fourth-order valence-electron chi connectivity index (χ4n) is 1.91. The molecular weight excluding hydrogens is 222 g/mol. The zero-order valence-corrected chi connectivity index (χ0v) is 11.1. The number of hydrogen-bond donors (Lipinski definition) is 1. The number of hydrogen-bond acceptors (Lipinski definition) is 2. The van der Waals surface area contributed by atoms with Crippen molar-refractivity contribution in [3.8, 4) is 0 Å². The molecule has 3 heteroatoms. The van der Waals surface area contributed by atoms with Crippen LogP contribution in [0.25, 0.3) is 0 Å². The normalized spacial score (nSPS) is 11.1. The lowest BCUT2D eigenvalue weighted by molar-refractivity contribution is 0.539. The van der Waals surface area contributed by atoms with Crippen LogP contribution >= 0.6 is 0 Å². The number of imidazole rings is 1. The molecular formula is C15H21N3. The van der Waals surface area contributed by atoms with E-state index in [1.807, 2.05) is 18.6 Å². The van der Waals surface area contributed by atoms with E-state index in [1.54, 1.807) is 0 Å². The van der Waals surface area contributed by atoms with Crippen molar-refractivity contribution in [2.45, 2.75) is 26.9 Å². The van der Waals surface area contributed by atoms with Crippen molar-refractivity contribution < 1.29 is 0 Å². The summed E-state index contributed by atoms with van der Waals surface area (Å²) in [5.41, 5.74) is 2.54. The largest absolute Gasteiger partial charge is 0.329 e. The predicted octanol–water partition coefficient (Wildman–Crippen LogP) is 2.68. The second kappa shape index (κ2) is 6.36. The van der Waals surface area contributed by atoms with Gasteiger partial charge in [0, 0.05) is 19.3 Å². The van der Waals surface area contributed by atoms with Crippen LogP contribution in [0.1, 0.15) is 25.1 Å². The van der Waals surface area contributed by atoms with Gasteiger partial charge in [-0.3, -0.25) is 0 Å². The number of nitrogens with one attached hydrogen (secondary N) is 1. The van der Waals surface area contributed by atoms with Crippen molar-refractivity contribution in [1.82, 2.24) is 14.9 Å². The Morgan fingerprint density at radius 1 is 1.22 bits per heavy atom. The van der Waals surface area contributed by atoms with E-state index in [1.165, 1.54) is 11.3 Å². The van der Waals surface area contributed by atoms with Crippen molar-refractivity contribution in [3.05, 3.63) is 54.1 Å². The summed E-state index contributed by atoms with van der Waals surface area (Å²) in [5.74, 6) is 0.676. The SMILES string of the molecule is CC(C)CNCc1cncn1Cc1ccccc1. The van der Waals surface area contributed by atoms with E-state index in [0.29, 0.717) is 5.92 Å². The number of rotatable bonds is 6. The fraction of sp³-hybridized carbons (Fsp3) is 0.400. The summed E-state index contributed by atoms with van der Waals surface area (Å²) >= 11 is 0. The predicted molar refractivity (Wildman–Crippen MR) is 74.3 cm³/mol. The molecule has 0 saturated carbocycles. The van der Waals surface area contributed by atoms with Gasteiger partial charge in [-0.25, -0.2) is 4.98 Å². The minimum Gasteiger partial charge on any atom is -0.329 e. The minimum atomic E-state index is 0.676. The zero-order valence-electron chi connectivity index (χ0n) is 11.1. The van der Waals surface area contributed by atoms with Gasteiger partial charge < -0.3 is 9.88 Å². The van der Waals surface area contributed by atoms with Gasteiger partial charge in [-0.15, -0.1) is 0 Å². The van der Waals surface area contributed by atoms with E-state index >= 15 is 0 Å². The number of nitrogens with zero attached hydrogens (tertiary/aromatic N) is 2. The third kappa shape index (κ3) is 3.70. The van der Waals surface area contributed by atoms with Crippen LogP contribution in [0.3, 0.4) is 0 Å². The van der Waals surface area contributed by atoms with Crippen molar-refractivity contribution in [2.24, 2.45) is 5.92 Å². The van der Waals surface area contributed by atoms with Crippen LogP contribution in [-0.2, 0) is 13.1 Å². The monoisotopic (exact) mass is 243 g/mol. The topological polar surface area (TPSA) is 29.9 Å². The molecule has 0 aliphatic rings. The third-order valence-electron chi connectivity index (χ3n) is 2.85. The van der Waals surface area contributed by atoms with Crippen LogP contribution in [0.2, 0.25) is 0 Å². The summed E-state index contributed by atoms with van der Waals surface area (Å²) < 4.78 is 2.20. The number of aromatic nitrogens is 2. The molecule has 1 N–H and O–H groups in total. The van der Waals surface area contributed by atoms with Gasteiger partial charge in [-0.2, -0.15) is 0 Å². The molecule has 1 heterocycles. The highest BCUT2D eigenvalue weighted by Crippen LogP contribution is 2.06. The summed E-state index contributed by atoms with van der Waals surface area (Å²) in [4.78, 5) is 4.24. The molecule has 0 saturated heterocycles. The van der Waals surface area contributed by atoms with Crippen molar-refractivity contribution in [1.29, 1.82) is 0 Å². The number of benzene rings is 1.